The zero-order valence-corrected chi connectivity index (χ0v) is 13.0. The zero-order valence-electron chi connectivity index (χ0n) is 11.5. The minimum Gasteiger partial charge on any atom is -0.343 e. The van der Waals surface area contributed by atoms with Crippen LogP contribution < -0.4 is 10.6 Å². The first-order valence-electron chi connectivity index (χ1n) is 6.35. The molecule has 2 aromatic carbocycles. The molecule has 0 fully saturated rings. The monoisotopic (exact) mass is 358 g/mol. The van der Waals surface area contributed by atoms with E-state index in [9.17, 15) is 18.4 Å². The molecule has 0 unspecified atom stereocenters. The summed E-state index contributed by atoms with van der Waals surface area (Å²) in [5.41, 5.74) is -0.0774. The van der Waals surface area contributed by atoms with Crippen molar-refractivity contribution in [1.29, 1.82) is 0 Å². The van der Waals surface area contributed by atoms with E-state index in [2.05, 4.69) is 10.6 Å². The third kappa shape index (κ3) is 4.40. The molecule has 0 aliphatic rings. The quantitative estimate of drug-likeness (QED) is 0.876. The topological polar surface area (TPSA) is 58.2 Å². The summed E-state index contributed by atoms with van der Waals surface area (Å²) in [6.45, 7) is -0.418. The highest BCUT2D eigenvalue weighted by Crippen LogP contribution is 2.20. The Bertz CT molecular complexity index is 749. The number of nitrogens with one attached hydrogen (secondary N) is 2. The molecule has 0 saturated heterocycles. The molecule has 0 aromatic heterocycles. The van der Waals surface area contributed by atoms with Gasteiger partial charge in [0.2, 0.25) is 5.91 Å². The van der Waals surface area contributed by atoms with Gasteiger partial charge in [0, 0.05) is 5.69 Å². The van der Waals surface area contributed by atoms with Crippen molar-refractivity contribution in [3.05, 3.63) is 63.6 Å². The summed E-state index contributed by atoms with van der Waals surface area (Å²) in [6.07, 6.45) is 0. The van der Waals surface area contributed by atoms with Crippen molar-refractivity contribution in [3.63, 3.8) is 0 Å². The molecular weight excluding hydrogens is 349 g/mol. The number of carbonyl (C=O) groups excluding carboxylic acids is 2. The highest BCUT2D eigenvalue weighted by Gasteiger charge is 2.16. The second kappa shape index (κ2) is 7.39. The molecule has 8 heteroatoms. The summed E-state index contributed by atoms with van der Waals surface area (Å²) in [7, 11) is 0. The zero-order chi connectivity index (χ0) is 17.0. The Morgan fingerprint density at radius 3 is 2.39 bits per heavy atom. The van der Waals surface area contributed by atoms with Crippen LogP contribution in [-0.2, 0) is 4.79 Å². The van der Waals surface area contributed by atoms with Crippen molar-refractivity contribution in [2.45, 2.75) is 0 Å². The van der Waals surface area contributed by atoms with Gasteiger partial charge in [-0.2, -0.15) is 0 Å². The van der Waals surface area contributed by atoms with Crippen LogP contribution in [-0.4, -0.2) is 18.4 Å². The minimum atomic E-state index is -0.819. The molecule has 2 aromatic rings. The van der Waals surface area contributed by atoms with Gasteiger partial charge in [-0.1, -0.05) is 29.3 Å². The maximum absolute atomic E-state index is 13.6. The Hall–Kier alpha value is -2.18. The lowest BCUT2D eigenvalue weighted by molar-refractivity contribution is -0.115. The highest BCUT2D eigenvalue weighted by molar-refractivity contribution is 6.34. The molecular formula is C15H10Cl2F2N2O2. The lowest BCUT2D eigenvalue weighted by Gasteiger charge is -2.09. The normalized spacial score (nSPS) is 10.3. The van der Waals surface area contributed by atoms with Crippen LogP contribution in [0.2, 0.25) is 10.0 Å². The van der Waals surface area contributed by atoms with E-state index >= 15 is 0 Å². The van der Waals surface area contributed by atoms with Gasteiger partial charge in [-0.25, -0.2) is 8.78 Å². The number of carbonyl (C=O) groups is 2. The molecule has 0 aliphatic carbocycles. The van der Waals surface area contributed by atoms with Gasteiger partial charge < -0.3 is 10.6 Å². The van der Waals surface area contributed by atoms with Gasteiger partial charge in [-0.3, -0.25) is 9.59 Å². The number of anilines is 1. The SMILES string of the molecule is O=C(CNC(=O)c1c(F)cccc1Cl)Nc1ccc(F)c(Cl)c1. The minimum absolute atomic E-state index is 0.0618. The third-order valence-corrected chi connectivity index (χ3v) is 3.41. The average Bonchev–Trinajstić information content (AvgIpc) is 2.49. The van der Waals surface area contributed by atoms with E-state index in [1.54, 1.807) is 0 Å². The maximum Gasteiger partial charge on any atom is 0.256 e. The van der Waals surface area contributed by atoms with Gasteiger partial charge >= 0.3 is 0 Å². The van der Waals surface area contributed by atoms with Crippen molar-refractivity contribution in [2.75, 3.05) is 11.9 Å². The first kappa shape index (κ1) is 17.2. The molecule has 0 atom stereocenters. The van der Waals surface area contributed by atoms with Gasteiger partial charge in [0.1, 0.15) is 11.6 Å². The van der Waals surface area contributed by atoms with Gasteiger partial charge in [0.25, 0.3) is 5.91 Å². The van der Waals surface area contributed by atoms with E-state index in [-0.39, 0.29) is 21.3 Å². The van der Waals surface area contributed by atoms with Gasteiger partial charge in [-0.15, -0.1) is 0 Å². The first-order chi connectivity index (χ1) is 10.9. The molecule has 2 amide bonds. The first-order valence-corrected chi connectivity index (χ1v) is 7.11. The second-order valence-corrected chi connectivity index (χ2v) is 5.27. The van der Waals surface area contributed by atoms with E-state index in [4.69, 9.17) is 23.2 Å². The Labute approximate surface area is 140 Å². The summed E-state index contributed by atoms with van der Waals surface area (Å²) in [6, 6.07) is 7.44. The van der Waals surface area contributed by atoms with E-state index in [1.165, 1.54) is 24.3 Å². The summed E-state index contributed by atoms with van der Waals surface area (Å²) in [4.78, 5) is 23.6. The van der Waals surface area contributed by atoms with E-state index in [0.29, 0.717) is 0 Å². The smallest absolute Gasteiger partial charge is 0.256 e. The molecule has 0 aliphatic heterocycles. The molecule has 4 nitrogen and oxygen atoms in total. The second-order valence-electron chi connectivity index (χ2n) is 4.46. The standard InChI is InChI=1S/C15H10Cl2F2N2O2/c16-9-2-1-3-12(19)14(9)15(23)20-7-13(22)21-8-4-5-11(18)10(17)6-8/h1-6H,7H2,(H,20,23)(H,21,22). The number of hydrogen-bond donors (Lipinski definition) is 2. The predicted molar refractivity (Wildman–Crippen MR) is 83.8 cm³/mol. The lowest BCUT2D eigenvalue weighted by atomic mass is 10.2. The lowest BCUT2D eigenvalue weighted by Crippen LogP contribution is -2.33. The molecule has 0 bridgehead atoms. The summed E-state index contributed by atoms with van der Waals surface area (Å²) in [5.74, 6) is -2.82. The van der Waals surface area contributed by atoms with Gasteiger partial charge in [-0.05, 0) is 30.3 Å². The molecule has 0 saturated carbocycles. The van der Waals surface area contributed by atoms with Crippen LogP contribution >= 0.6 is 23.2 Å². The molecule has 0 spiro atoms. The number of benzene rings is 2. The predicted octanol–water partition coefficient (Wildman–Crippen LogP) is 3.64. The van der Waals surface area contributed by atoms with Crippen molar-refractivity contribution in [2.24, 2.45) is 0 Å². The molecule has 2 N–H and O–H groups in total. The number of amides is 2. The van der Waals surface area contributed by atoms with E-state index < -0.39 is 30.0 Å². The Balaban J connectivity index is 1.96. The van der Waals surface area contributed by atoms with Gasteiger partial charge in [0.05, 0.1) is 22.2 Å². The fourth-order valence-corrected chi connectivity index (χ4v) is 2.17. The number of halogens is 4. The van der Waals surface area contributed by atoms with Crippen molar-refractivity contribution < 1.29 is 18.4 Å². The molecule has 2 rings (SSSR count). The summed E-state index contributed by atoms with van der Waals surface area (Å²) >= 11 is 11.3. The Kier molecular flexibility index (Phi) is 5.52. The van der Waals surface area contributed by atoms with Crippen molar-refractivity contribution in [1.82, 2.24) is 5.32 Å². The fourth-order valence-electron chi connectivity index (χ4n) is 1.74. The van der Waals surface area contributed by atoms with Crippen molar-refractivity contribution in [3.8, 4) is 0 Å². The van der Waals surface area contributed by atoms with E-state index in [1.807, 2.05) is 0 Å². The van der Waals surface area contributed by atoms with Crippen LogP contribution in [0.4, 0.5) is 14.5 Å². The molecule has 120 valence electrons. The van der Waals surface area contributed by atoms with Crippen LogP contribution in [0.1, 0.15) is 10.4 Å². The van der Waals surface area contributed by atoms with Crippen LogP contribution in [0.15, 0.2) is 36.4 Å². The van der Waals surface area contributed by atoms with Gasteiger partial charge in [0.15, 0.2) is 0 Å². The maximum atomic E-state index is 13.6. The van der Waals surface area contributed by atoms with Crippen LogP contribution in [0.3, 0.4) is 0 Å². The van der Waals surface area contributed by atoms with Crippen LogP contribution in [0.25, 0.3) is 0 Å². The van der Waals surface area contributed by atoms with Crippen molar-refractivity contribution >= 4 is 40.7 Å². The highest BCUT2D eigenvalue weighted by atomic mass is 35.5. The summed E-state index contributed by atoms with van der Waals surface area (Å²) in [5, 5.41) is 4.45. The Morgan fingerprint density at radius 2 is 1.74 bits per heavy atom. The molecule has 23 heavy (non-hydrogen) atoms. The average molecular weight is 359 g/mol. The largest absolute Gasteiger partial charge is 0.343 e. The number of rotatable bonds is 4. The van der Waals surface area contributed by atoms with Crippen LogP contribution in [0.5, 0.6) is 0 Å². The van der Waals surface area contributed by atoms with Crippen LogP contribution in [0, 0.1) is 11.6 Å². The molecule has 0 heterocycles. The third-order valence-electron chi connectivity index (χ3n) is 2.80. The Morgan fingerprint density at radius 1 is 1.00 bits per heavy atom. The fraction of sp³-hybridized carbons (Fsp3) is 0.0667. The summed E-state index contributed by atoms with van der Waals surface area (Å²) < 4.78 is 26.6. The number of hydrogen-bond acceptors (Lipinski definition) is 2. The van der Waals surface area contributed by atoms with E-state index in [0.717, 1.165) is 12.1 Å². The molecule has 0 radical (unpaired) electrons.